The average molecular weight is 460 g/mol. The van der Waals surface area contributed by atoms with Crippen LogP contribution in [0.4, 0.5) is 10.7 Å². The number of rotatable bonds is 6. The van der Waals surface area contributed by atoms with Gasteiger partial charge in [0.25, 0.3) is 5.56 Å². The fraction of sp³-hybridized carbons (Fsp3) is 0.174. The summed E-state index contributed by atoms with van der Waals surface area (Å²) >= 11 is 0. The van der Waals surface area contributed by atoms with E-state index < -0.39 is 23.7 Å². The van der Waals surface area contributed by atoms with Crippen LogP contribution in [0.2, 0.25) is 0 Å². The second kappa shape index (κ2) is 8.35. The number of nitrogens with two attached hydrogens (primary N) is 1. The Morgan fingerprint density at radius 3 is 2.44 bits per heavy atom. The molecule has 1 aliphatic carbocycles. The molecular formula is C23H20N6O5. The number of ether oxygens (including phenoxy) is 1. The zero-order valence-electron chi connectivity index (χ0n) is 17.8. The van der Waals surface area contributed by atoms with E-state index >= 15 is 0 Å². The second-order valence-corrected chi connectivity index (χ2v) is 7.88. The van der Waals surface area contributed by atoms with Gasteiger partial charge in [-0.1, -0.05) is 48.5 Å². The lowest BCUT2D eigenvalue weighted by molar-refractivity contribution is -0.139. The standard InChI is InChI=1S/C23H20N6O5/c24-22-27-19-18(20(30)28-22)25-11-29(19)9-17(21(31)32)26-23(33)34-10-16-14-7-3-1-5-12(14)13-6-2-4-8-15(13)16/h1-8,11,16-17H,9-10H2,(H,26,33)(H,31,32)(H3,24,27,28,30)/t17-/m0/s1. The Kier molecular flexibility index (Phi) is 5.21. The molecule has 34 heavy (non-hydrogen) atoms. The molecule has 2 heterocycles. The molecule has 5 rings (SSSR count). The van der Waals surface area contributed by atoms with Crippen molar-refractivity contribution in [2.75, 3.05) is 12.3 Å². The Morgan fingerprint density at radius 1 is 1.15 bits per heavy atom. The number of carbonyl (C=O) groups excluding carboxylic acids is 1. The van der Waals surface area contributed by atoms with E-state index in [4.69, 9.17) is 10.5 Å². The van der Waals surface area contributed by atoms with Gasteiger partial charge in [-0.3, -0.25) is 9.78 Å². The van der Waals surface area contributed by atoms with Gasteiger partial charge in [-0.25, -0.2) is 14.6 Å². The van der Waals surface area contributed by atoms with Crippen molar-refractivity contribution in [2.24, 2.45) is 0 Å². The number of imidazole rings is 1. The maximum Gasteiger partial charge on any atom is 0.407 e. The molecule has 0 unspecified atom stereocenters. The van der Waals surface area contributed by atoms with Crippen LogP contribution in [0.5, 0.6) is 0 Å². The molecule has 1 atom stereocenters. The monoisotopic (exact) mass is 460 g/mol. The van der Waals surface area contributed by atoms with E-state index in [0.29, 0.717) is 0 Å². The number of carbonyl (C=O) groups is 2. The van der Waals surface area contributed by atoms with E-state index in [9.17, 15) is 19.5 Å². The van der Waals surface area contributed by atoms with Crippen molar-refractivity contribution in [3.05, 3.63) is 76.3 Å². The third-order valence-corrected chi connectivity index (χ3v) is 5.81. The molecule has 0 saturated heterocycles. The number of H-pyrrole nitrogens is 1. The summed E-state index contributed by atoms with van der Waals surface area (Å²) in [6.45, 7) is -0.181. The molecule has 1 aliphatic rings. The smallest absolute Gasteiger partial charge is 0.407 e. The Balaban J connectivity index is 1.30. The topological polar surface area (TPSA) is 165 Å². The first-order valence-electron chi connectivity index (χ1n) is 10.5. The number of benzene rings is 2. The highest BCUT2D eigenvalue weighted by Gasteiger charge is 2.30. The largest absolute Gasteiger partial charge is 0.480 e. The number of hydrogen-bond acceptors (Lipinski definition) is 7. The van der Waals surface area contributed by atoms with Crippen molar-refractivity contribution >= 4 is 29.2 Å². The van der Waals surface area contributed by atoms with E-state index in [0.717, 1.165) is 22.3 Å². The van der Waals surface area contributed by atoms with E-state index in [-0.39, 0.29) is 36.2 Å². The minimum Gasteiger partial charge on any atom is -0.480 e. The van der Waals surface area contributed by atoms with Gasteiger partial charge in [0.1, 0.15) is 12.6 Å². The number of nitrogen functional groups attached to an aromatic ring is 1. The van der Waals surface area contributed by atoms with Gasteiger partial charge in [0.2, 0.25) is 5.95 Å². The Hall–Kier alpha value is -4.67. The number of carboxylic acids is 1. The first-order valence-corrected chi connectivity index (χ1v) is 10.5. The highest BCUT2D eigenvalue weighted by atomic mass is 16.5. The summed E-state index contributed by atoms with van der Waals surface area (Å²) in [7, 11) is 0. The number of aromatic amines is 1. The van der Waals surface area contributed by atoms with Crippen LogP contribution in [-0.2, 0) is 16.1 Å². The first kappa shape index (κ1) is 21.2. The lowest BCUT2D eigenvalue weighted by atomic mass is 9.98. The number of aliphatic carboxylic acids is 1. The molecule has 0 saturated carbocycles. The average Bonchev–Trinajstić information content (AvgIpc) is 3.36. The maximum absolute atomic E-state index is 12.5. The third-order valence-electron chi connectivity index (χ3n) is 5.81. The van der Waals surface area contributed by atoms with Gasteiger partial charge >= 0.3 is 12.1 Å². The highest BCUT2D eigenvalue weighted by Crippen LogP contribution is 2.44. The number of hydrogen-bond donors (Lipinski definition) is 4. The molecule has 2 aromatic heterocycles. The summed E-state index contributed by atoms with van der Waals surface area (Å²) in [5.74, 6) is -1.57. The van der Waals surface area contributed by atoms with Gasteiger partial charge in [0, 0.05) is 5.92 Å². The highest BCUT2D eigenvalue weighted by molar-refractivity contribution is 5.81. The third kappa shape index (κ3) is 3.72. The molecule has 0 fully saturated rings. The molecule has 0 aliphatic heterocycles. The number of nitrogens with zero attached hydrogens (tertiary/aromatic N) is 3. The van der Waals surface area contributed by atoms with Crippen molar-refractivity contribution in [3.63, 3.8) is 0 Å². The van der Waals surface area contributed by atoms with E-state index in [1.807, 2.05) is 48.5 Å². The van der Waals surface area contributed by atoms with Crippen LogP contribution in [0.3, 0.4) is 0 Å². The van der Waals surface area contributed by atoms with E-state index in [2.05, 4.69) is 20.3 Å². The fourth-order valence-electron chi connectivity index (χ4n) is 4.27. The summed E-state index contributed by atoms with van der Waals surface area (Å²) in [5, 5.41) is 12.0. The number of carboxylic acid groups (broad SMARTS) is 1. The SMILES string of the molecule is Nc1nc2c(ncn2C[C@H](NC(=O)OCC2c3ccccc3-c3ccccc32)C(=O)O)c(=O)[nH]1. The number of alkyl carbamates (subject to hydrolysis) is 1. The molecule has 11 heteroatoms. The second-order valence-electron chi connectivity index (χ2n) is 7.88. The van der Waals surface area contributed by atoms with Crippen molar-refractivity contribution in [2.45, 2.75) is 18.5 Å². The minimum atomic E-state index is -1.35. The zero-order valence-corrected chi connectivity index (χ0v) is 17.8. The normalized spacial score (nSPS) is 13.3. The van der Waals surface area contributed by atoms with Gasteiger partial charge in [0.15, 0.2) is 11.2 Å². The van der Waals surface area contributed by atoms with Crippen molar-refractivity contribution in [1.29, 1.82) is 0 Å². The Morgan fingerprint density at radius 2 is 1.79 bits per heavy atom. The lowest BCUT2D eigenvalue weighted by Crippen LogP contribution is -2.44. The van der Waals surface area contributed by atoms with Crippen molar-refractivity contribution < 1.29 is 19.4 Å². The van der Waals surface area contributed by atoms with E-state index in [1.165, 1.54) is 10.9 Å². The minimum absolute atomic E-state index is 0.0134. The fourth-order valence-corrected chi connectivity index (χ4v) is 4.27. The molecule has 11 nitrogen and oxygen atoms in total. The molecular weight excluding hydrogens is 440 g/mol. The molecule has 4 aromatic rings. The van der Waals surface area contributed by atoms with Gasteiger partial charge in [0.05, 0.1) is 12.9 Å². The number of nitrogens with one attached hydrogen (secondary N) is 2. The van der Waals surface area contributed by atoms with Crippen LogP contribution in [0.15, 0.2) is 59.7 Å². The summed E-state index contributed by atoms with van der Waals surface area (Å²) in [5.41, 5.74) is 9.43. The predicted octanol–water partition coefficient (Wildman–Crippen LogP) is 1.69. The lowest BCUT2D eigenvalue weighted by Gasteiger charge is -2.18. The maximum atomic E-state index is 12.5. The van der Waals surface area contributed by atoms with Crippen LogP contribution in [0, 0.1) is 0 Å². The van der Waals surface area contributed by atoms with Gasteiger partial charge in [-0.15, -0.1) is 0 Å². The summed E-state index contributed by atoms with van der Waals surface area (Å²) in [6, 6.07) is 14.5. The van der Waals surface area contributed by atoms with Crippen LogP contribution in [0.1, 0.15) is 17.0 Å². The number of fused-ring (bicyclic) bond motifs is 4. The molecule has 5 N–H and O–H groups in total. The predicted molar refractivity (Wildman–Crippen MR) is 122 cm³/mol. The molecule has 0 spiro atoms. The van der Waals surface area contributed by atoms with Crippen molar-refractivity contribution in [1.82, 2.24) is 24.8 Å². The number of aromatic nitrogens is 4. The van der Waals surface area contributed by atoms with E-state index in [1.54, 1.807) is 0 Å². The summed E-state index contributed by atoms with van der Waals surface area (Å²) < 4.78 is 6.77. The Labute approximate surface area is 192 Å². The summed E-state index contributed by atoms with van der Waals surface area (Å²) in [4.78, 5) is 46.5. The number of amides is 1. The van der Waals surface area contributed by atoms with Gasteiger partial charge in [-0.05, 0) is 22.3 Å². The number of anilines is 1. The van der Waals surface area contributed by atoms with Crippen LogP contribution >= 0.6 is 0 Å². The molecule has 0 bridgehead atoms. The molecule has 2 aromatic carbocycles. The quantitative estimate of drug-likeness (QED) is 0.337. The molecule has 172 valence electrons. The first-order chi connectivity index (χ1) is 16.4. The molecule has 0 radical (unpaired) electrons. The van der Waals surface area contributed by atoms with Gasteiger partial charge in [-0.2, -0.15) is 4.98 Å². The van der Waals surface area contributed by atoms with Gasteiger partial charge < -0.3 is 25.5 Å². The zero-order chi connectivity index (χ0) is 23.8. The van der Waals surface area contributed by atoms with Crippen LogP contribution in [-0.4, -0.2) is 49.3 Å². The van der Waals surface area contributed by atoms with Crippen LogP contribution < -0.4 is 16.6 Å². The summed E-state index contributed by atoms with van der Waals surface area (Å²) in [6.07, 6.45) is 0.394. The Bertz CT molecular complexity index is 1430. The van der Waals surface area contributed by atoms with Crippen LogP contribution in [0.25, 0.3) is 22.3 Å². The van der Waals surface area contributed by atoms with Crippen molar-refractivity contribution in [3.8, 4) is 11.1 Å². The molecule has 1 amide bonds.